The molecule has 0 spiro atoms. The molecule has 0 aromatic rings. The Labute approximate surface area is 211 Å². The smallest absolute Gasteiger partial charge is 0.220 e. The number of carbonyl (C=O) groups excluding carboxylic acids is 1. The zero-order valence-electron chi connectivity index (χ0n) is 22.8. The summed E-state index contributed by atoms with van der Waals surface area (Å²) >= 11 is 0. The molecule has 192 valence electrons. The first-order valence-electron chi connectivity index (χ1n) is 13.7. The Balaban J connectivity index is 1.60. The Hall–Kier alpha value is -1.65. The largest absolute Gasteiger partial charge is 0.504 e. The molecule has 1 unspecified atom stereocenters. The highest BCUT2D eigenvalue weighted by molar-refractivity contribution is 6.06. The van der Waals surface area contributed by atoms with E-state index in [9.17, 15) is 15.0 Å². The molecule has 4 nitrogen and oxygen atoms in total. The average Bonchev–Trinajstić information content (AvgIpc) is 2.81. The summed E-state index contributed by atoms with van der Waals surface area (Å²) in [5, 5.41) is 21.3. The molecule has 4 heteroatoms. The van der Waals surface area contributed by atoms with E-state index >= 15 is 0 Å². The lowest BCUT2D eigenvalue weighted by atomic mass is 9.34. The monoisotopic (exact) mass is 480 g/mol. The van der Waals surface area contributed by atoms with E-state index in [4.69, 9.17) is 4.74 Å². The molecule has 5 aliphatic rings. The molecule has 0 aliphatic heterocycles. The summed E-state index contributed by atoms with van der Waals surface area (Å²) in [6, 6.07) is 0. The minimum absolute atomic E-state index is 0.00200. The number of ketones is 1. The van der Waals surface area contributed by atoms with Gasteiger partial charge in [-0.3, -0.25) is 4.79 Å². The van der Waals surface area contributed by atoms with Crippen molar-refractivity contribution in [3.63, 3.8) is 0 Å². The molecule has 7 atom stereocenters. The highest BCUT2D eigenvalue weighted by Crippen LogP contribution is 2.75. The third kappa shape index (κ3) is 3.14. The summed E-state index contributed by atoms with van der Waals surface area (Å²) in [4.78, 5) is 12.7. The van der Waals surface area contributed by atoms with E-state index in [2.05, 4.69) is 46.8 Å². The molecule has 2 N–H and O–H groups in total. The lowest BCUT2D eigenvalue weighted by Gasteiger charge is -2.70. The second-order valence-electron chi connectivity index (χ2n) is 13.5. The van der Waals surface area contributed by atoms with Crippen LogP contribution in [0.3, 0.4) is 0 Å². The molecule has 3 saturated carbocycles. The molecule has 0 aromatic heterocycles. The number of hydrogen-bond acceptors (Lipinski definition) is 4. The van der Waals surface area contributed by atoms with Crippen molar-refractivity contribution in [3.05, 3.63) is 46.3 Å². The van der Waals surface area contributed by atoms with Crippen LogP contribution in [0.5, 0.6) is 0 Å². The van der Waals surface area contributed by atoms with Gasteiger partial charge in [-0.15, -0.1) is 0 Å². The maximum atomic E-state index is 12.7. The Morgan fingerprint density at radius 2 is 1.71 bits per heavy atom. The molecule has 0 saturated heterocycles. The molecule has 5 aliphatic carbocycles. The molecule has 3 fully saturated rings. The zero-order valence-corrected chi connectivity index (χ0v) is 22.8. The molecular formula is C31H44O4. The van der Waals surface area contributed by atoms with Gasteiger partial charge in [0.2, 0.25) is 5.78 Å². The van der Waals surface area contributed by atoms with Gasteiger partial charge < -0.3 is 14.9 Å². The quantitative estimate of drug-likeness (QED) is 0.428. The van der Waals surface area contributed by atoms with Crippen molar-refractivity contribution in [3.8, 4) is 0 Å². The summed E-state index contributed by atoms with van der Waals surface area (Å²) in [5.41, 5.74) is 4.20. The normalized spacial score (nSPS) is 45.9. The number of aliphatic hydroxyl groups excluding tert-OH is 2. The van der Waals surface area contributed by atoms with Crippen molar-refractivity contribution < 1.29 is 19.7 Å². The molecule has 0 aromatic carbocycles. The van der Waals surface area contributed by atoms with Gasteiger partial charge in [0.15, 0.2) is 12.0 Å². The van der Waals surface area contributed by atoms with Gasteiger partial charge in [0, 0.05) is 23.0 Å². The number of allylic oxidation sites excluding steroid dienone is 7. The Morgan fingerprint density at radius 3 is 2.40 bits per heavy atom. The van der Waals surface area contributed by atoms with Crippen LogP contribution in [0.2, 0.25) is 0 Å². The zero-order chi connectivity index (χ0) is 25.6. The van der Waals surface area contributed by atoms with Crippen molar-refractivity contribution in [2.45, 2.75) is 99.7 Å². The van der Waals surface area contributed by atoms with Crippen LogP contribution in [0.1, 0.15) is 93.4 Å². The van der Waals surface area contributed by atoms with Gasteiger partial charge in [-0.1, -0.05) is 52.3 Å². The van der Waals surface area contributed by atoms with Crippen LogP contribution in [0, 0.1) is 33.0 Å². The fraction of sp³-hybridized carbons (Fsp3) is 0.710. The van der Waals surface area contributed by atoms with Gasteiger partial charge in [-0.05, 0) is 98.2 Å². The summed E-state index contributed by atoms with van der Waals surface area (Å²) in [7, 11) is 0. The third-order valence-electron chi connectivity index (χ3n) is 11.8. The summed E-state index contributed by atoms with van der Waals surface area (Å²) in [6.07, 6.45) is 13.0. The van der Waals surface area contributed by atoms with Gasteiger partial charge in [-0.2, -0.15) is 0 Å². The molecule has 0 amide bonds. The van der Waals surface area contributed by atoms with Crippen LogP contribution < -0.4 is 0 Å². The maximum absolute atomic E-state index is 12.7. The Bertz CT molecular complexity index is 1090. The topological polar surface area (TPSA) is 66.8 Å². The highest BCUT2D eigenvalue weighted by atomic mass is 16.6. The van der Waals surface area contributed by atoms with Gasteiger partial charge >= 0.3 is 0 Å². The Kier molecular flexibility index (Phi) is 5.49. The fourth-order valence-corrected chi connectivity index (χ4v) is 9.07. The Morgan fingerprint density at radius 1 is 1.03 bits per heavy atom. The van der Waals surface area contributed by atoms with Crippen molar-refractivity contribution in [2.75, 3.05) is 6.61 Å². The average molecular weight is 481 g/mol. The van der Waals surface area contributed by atoms with Crippen LogP contribution in [0.4, 0.5) is 0 Å². The number of rotatable bonds is 3. The van der Waals surface area contributed by atoms with Gasteiger partial charge in [0.05, 0.1) is 0 Å². The van der Waals surface area contributed by atoms with E-state index in [0.29, 0.717) is 18.1 Å². The number of carbonyl (C=O) groups is 1. The van der Waals surface area contributed by atoms with E-state index in [0.717, 1.165) is 49.7 Å². The first kappa shape index (κ1) is 25.0. The SMILES string of the molecule is CCOC(O)[C@]1(C)CC[C@]2(C)CC[C@]3(C)C4=CC=C5C(=CC(=O)C(O)=C5C)[C@]4(C)CC[C@@]3(C)[C@@H]2C1. The summed E-state index contributed by atoms with van der Waals surface area (Å²) in [6.45, 7) is 16.4. The van der Waals surface area contributed by atoms with Gasteiger partial charge in [0.25, 0.3) is 0 Å². The molecule has 0 radical (unpaired) electrons. The van der Waals surface area contributed by atoms with Crippen molar-refractivity contribution in [2.24, 2.45) is 33.0 Å². The van der Waals surface area contributed by atoms with Crippen LogP contribution in [0.25, 0.3) is 0 Å². The van der Waals surface area contributed by atoms with Gasteiger partial charge in [-0.25, -0.2) is 0 Å². The maximum Gasteiger partial charge on any atom is 0.220 e. The second-order valence-corrected chi connectivity index (χ2v) is 13.5. The molecule has 5 rings (SSSR count). The van der Waals surface area contributed by atoms with E-state index < -0.39 is 6.29 Å². The third-order valence-corrected chi connectivity index (χ3v) is 11.8. The van der Waals surface area contributed by atoms with Gasteiger partial charge in [0.1, 0.15) is 0 Å². The van der Waals surface area contributed by atoms with Crippen LogP contribution in [0.15, 0.2) is 46.3 Å². The number of aliphatic hydroxyl groups is 2. The molecule has 0 bridgehead atoms. The van der Waals surface area contributed by atoms with Crippen LogP contribution in [-0.2, 0) is 9.53 Å². The van der Waals surface area contributed by atoms with Crippen molar-refractivity contribution in [1.82, 2.24) is 0 Å². The van der Waals surface area contributed by atoms with Crippen LogP contribution >= 0.6 is 0 Å². The summed E-state index contributed by atoms with van der Waals surface area (Å²) < 4.78 is 5.75. The fourth-order valence-electron chi connectivity index (χ4n) is 9.07. The molecule has 35 heavy (non-hydrogen) atoms. The second kappa shape index (κ2) is 7.68. The first-order valence-corrected chi connectivity index (χ1v) is 13.7. The molecule has 0 heterocycles. The number of hydrogen-bond donors (Lipinski definition) is 2. The van der Waals surface area contributed by atoms with E-state index in [-0.39, 0.29) is 38.6 Å². The number of fused-ring (bicyclic) bond motifs is 7. The predicted molar refractivity (Wildman–Crippen MR) is 139 cm³/mol. The first-order chi connectivity index (χ1) is 16.3. The van der Waals surface area contributed by atoms with Crippen molar-refractivity contribution >= 4 is 5.78 Å². The minimum Gasteiger partial charge on any atom is -0.504 e. The van der Waals surface area contributed by atoms with E-state index in [1.165, 1.54) is 12.0 Å². The predicted octanol–water partition coefficient (Wildman–Crippen LogP) is 6.97. The molecular weight excluding hydrogens is 436 g/mol. The standard InChI is InChI=1S/C31H44O4/c1-8-35-26(34)28(4)12-11-27(3)13-15-30(6)23-10-9-20-19(2)25(33)22(32)17-21(20)29(23,5)14-16-31(30,7)24(27)18-28/h9-10,17,24,26,33-34H,8,11-16,18H2,1-7H3/t24-,26?,27-,28-,29+,30-,31+/m1/s1. The lowest BCUT2D eigenvalue weighted by Crippen LogP contribution is -2.62. The lowest BCUT2D eigenvalue weighted by molar-refractivity contribution is -0.224. The highest BCUT2D eigenvalue weighted by Gasteiger charge is 2.67. The minimum atomic E-state index is -0.720. The van der Waals surface area contributed by atoms with Crippen molar-refractivity contribution in [1.29, 1.82) is 0 Å². The van der Waals surface area contributed by atoms with E-state index in [1.807, 2.05) is 13.8 Å². The van der Waals surface area contributed by atoms with E-state index in [1.54, 1.807) is 6.08 Å². The summed E-state index contributed by atoms with van der Waals surface area (Å²) in [5.74, 6) is 0.112. The van der Waals surface area contributed by atoms with Crippen LogP contribution in [-0.4, -0.2) is 28.9 Å². The number of ether oxygens (including phenoxy) is 1.